The highest BCUT2D eigenvalue weighted by Gasteiger charge is 2.02. The van der Waals surface area contributed by atoms with Crippen molar-refractivity contribution in [1.82, 2.24) is 4.98 Å². The van der Waals surface area contributed by atoms with Crippen molar-refractivity contribution < 1.29 is 0 Å². The number of thioether (sulfide) groups is 1. The van der Waals surface area contributed by atoms with Crippen LogP contribution in [0.15, 0.2) is 28.7 Å². The molecule has 0 unspecified atom stereocenters. The third-order valence-electron chi connectivity index (χ3n) is 2.15. The van der Waals surface area contributed by atoms with Crippen LogP contribution >= 0.6 is 23.1 Å². The smallest absolute Gasteiger partial charge is 0.152 e. The fourth-order valence-electron chi connectivity index (χ4n) is 1.63. The van der Waals surface area contributed by atoms with Gasteiger partial charge in [0.15, 0.2) is 4.34 Å². The topological polar surface area (TPSA) is 38.9 Å². The first kappa shape index (κ1) is 11.5. The first-order valence-corrected chi connectivity index (χ1v) is 6.85. The van der Waals surface area contributed by atoms with Gasteiger partial charge in [-0.15, -0.1) is 0 Å². The maximum Gasteiger partial charge on any atom is 0.152 e. The Morgan fingerprint density at radius 1 is 1.25 bits per heavy atom. The van der Waals surface area contributed by atoms with Crippen LogP contribution in [0.3, 0.4) is 0 Å². The number of nitrogens with two attached hydrogens (primary N) is 1. The van der Waals surface area contributed by atoms with E-state index in [1.165, 1.54) is 16.7 Å². The summed E-state index contributed by atoms with van der Waals surface area (Å²) in [7, 11) is 0. The number of benzene rings is 1. The van der Waals surface area contributed by atoms with Crippen molar-refractivity contribution >= 4 is 28.1 Å². The quantitative estimate of drug-likeness (QED) is 0.845. The van der Waals surface area contributed by atoms with Gasteiger partial charge in [0.25, 0.3) is 0 Å². The predicted octanol–water partition coefficient (Wildman–Crippen LogP) is 3.63. The first-order chi connectivity index (χ1) is 7.63. The Hall–Kier alpha value is -1.00. The molecule has 0 atom stereocenters. The third kappa shape index (κ3) is 3.00. The Balaban J connectivity index is 2.04. The molecule has 84 valence electrons. The molecular formula is C12H14N2S2. The van der Waals surface area contributed by atoms with Gasteiger partial charge in [-0.25, -0.2) is 4.98 Å². The molecule has 1 aromatic heterocycles. The summed E-state index contributed by atoms with van der Waals surface area (Å²) in [6, 6.07) is 6.63. The fraction of sp³-hybridized carbons (Fsp3) is 0.250. The molecular weight excluding hydrogens is 236 g/mol. The molecule has 16 heavy (non-hydrogen) atoms. The van der Waals surface area contributed by atoms with E-state index in [1.807, 2.05) is 0 Å². The van der Waals surface area contributed by atoms with Crippen molar-refractivity contribution in [2.45, 2.75) is 23.9 Å². The summed E-state index contributed by atoms with van der Waals surface area (Å²) in [4.78, 5) is 4.23. The number of nitrogens with zero attached hydrogens (tertiary/aromatic N) is 1. The summed E-state index contributed by atoms with van der Waals surface area (Å²) in [5, 5.41) is 0.780. The molecule has 0 saturated heterocycles. The van der Waals surface area contributed by atoms with Crippen LogP contribution in [0.25, 0.3) is 0 Å². The maximum atomic E-state index is 5.64. The minimum atomic E-state index is 0.780. The van der Waals surface area contributed by atoms with Crippen LogP contribution in [0.4, 0.5) is 5.00 Å². The number of aromatic nitrogens is 1. The van der Waals surface area contributed by atoms with E-state index in [9.17, 15) is 0 Å². The SMILES string of the molecule is Cc1cc(C)cc(CSc2ncc(N)s2)c1. The van der Waals surface area contributed by atoms with Gasteiger partial charge in [0.2, 0.25) is 0 Å². The molecule has 0 saturated carbocycles. The number of hydrogen-bond acceptors (Lipinski definition) is 4. The second-order valence-corrected chi connectivity index (χ2v) is 6.10. The maximum absolute atomic E-state index is 5.64. The lowest BCUT2D eigenvalue weighted by atomic mass is 10.1. The molecule has 1 aromatic carbocycles. The Bertz CT molecular complexity index is 471. The standard InChI is InChI=1S/C12H14N2S2/c1-8-3-9(2)5-10(4-8)7-15-12-14-6-11(13)16-12/h3-6H,7,13H2,1-2H3. The number of rotatable bonds is 3. The van der Waals surface area contributed by atoms with E-state index in [2.05, 4.69) is 37.0 Å². The molecule has 0 amide bonds. The lowest BCUT2D eigenvalue weighted by Gasteiger charge is -2.03. The average Bonchev–Trinajstić information content (AvgIpc) is 2.60. The van der Waals surface area contributed by atoms with E-state index in [4.69, 9.17) is 5.73 Å². The van der Waals surface area contributed by atoms with Crippen LogP contribution in [0, 0.1) is 13.8 Å². The van der Waals surface area contributed by atoms with Gasteiger partial charge in [-0.2, -0.15) is 0 Å². The molecule has 2 nitrogen and oxygen atoms in total. The van der Waals surface area contributed by atoms with Gasteiger partial charge < -0.3 is 5.73 Å². The van der Waals surface area contributed by atoms with Crippen molar-refractivity contribution in [3.8, 4) is 0 Å². The number of anilines is 1. The van der Waals surface area contributed by atoms with Gasteiger partial charge >= 0.3 is 0 Å². The Morgan fingerprint density at radius 3 is 2.50 bits per heavy atom. The van der Waals surface area contributed by atoms with Gasteiger partial charge in [0, 0.05) is 5.75 Å². The van der Waals surface area contributed by atoms with Crippen molar-refractivity contribution in [2.75, 3.05) is 5.73 Å². The molecule has 4 heteroatoms. The molecule has 0 aliphatic rings. The second-order valence-electron chi connectivity index (χ2n) is 3.81. The molecule has 2 N–H and O–H groups in total. The van der Waals surface area contributed by atoms with Crippen LogP contribution in [0.1, 0.15) is 16.7 Å². The zero-order chi connectivity index (χ0) is 11.5. The van der Waals surface area contributed by atoms with E-state index in [0.717, 1.165) is 15.1 Å². The van der Waals surface area contributed by atoms with E-state index >= 15 is 0 Å². The lowest BCUT2D eigenvalue weighted by Crippen LogP contribution is -1.84. The van der Waals surface area contributed by atoms with Crippen molar-refractivity contribution in [3.63, 3.8) is 0 Å². The van der Waals surface area contributed by atoms with Gasteiger partial charge in [0.05, 0.1) is 6.20 Å². The van der Waals surface area contributed by atoms with Crippen LogP contribution in [0.5, 0.6) is 0 Å². The summed E-state index contributed by atoms with van der Waals surface area (Å²) in [5.41, 5.74) is 9.61. The lowest BCUT2D eigenvalue weighted by molar-refractivity contribution is 1.24. The molecule has 0 bridgehead atoms. The van der Waals surface area contributed by atoms with Crippen molar-refractivity contribution in [2.24, 2.45) is 0 Å². The van der Waals surface area contributed by atoms with Crippen LogP contribution < -0.4 is 5.73 Å². The van der Waals surface area contributed by atoms with Crippen molar-refractivity contribution in [3.05, 3.63) is 41.1 Å². The summed E-state index contributed by atoms with van der Waals surface area (Å²) in [5.74, 6) is 0.954. The molecule has 2 rings (SSSR count). The highest BCUT2D eigenvalue weighted by Crippen LogP contribution is 2.28. The molecule has 0 radical (unpaired) electrons. The summed E-state index contributed by atoms with van der Waals surface area (Å²) in [6.45, 7) is 4.26. The summed E-state index contributed by atoms with van der Waals surface area (Å²) >= 11 is 3.28. The Morgan fingerprint density at radius 2 is 1.94 bits per heavy atom. The number of nitrogen functional groups attached to an aromatic ring is 1. The number of aryl methyl sites for hydroxylation is 2. The van der Waals surface area contributed by atoms with E-state index in [-0.39, 0.29) is 0 Å². The van der Waals surface area contributed by atoms with Gasteiger partial charge in [-0.1, -0.05) is 52.4 Å². The van der Waals surface area contributed by atoms with Crippen molar-refractivity contribution in [1.29, 1.82) is 0 Å². The van der Waals surface area contributed by atoms with Gasteiger partial charge in [-0.05, 0) is 19.4 Å². The van der Waals surface area contributed by atoms with Crippen LogP contribution in [-0.4, -0.2) is 4.98 Å². The predicted molar refractivity (Wildman–Crippen MR) is 72.0 cm³/mol. The van der Waals surface area contributed by atoms with Gasteiger partial charge in [0.1, 0.15) is 5.00 Å². The molecule has 0 aliphatic carbocycles. The zero-order valence-corrected chi connectivity index (χ0v) is 11.0. The third-order valence-corrected chi connectivity index (χ3v) is 4.20. The van der Waals surface area contributed by atoms with Gasteiger partial charge in [-0.3, -0.25) is 0 Å². The minimum Gasteiger partial charge on any atom is -0.389 e. The monoisotopic (exact) mass is 250 g/mol. The molecule has 1 heterocycles. The average molecular weight is 250 g/mol. The number of thiazole rings is 1. The minimum absolute atomic E-state index is 0.780. The first-order valence-electron chi connectivity index (χ1n) is 5.05. The summed E-state index contributed by atoms with van der Waals surface area (Å²) in [6.07, 6.45) is 1.72. The van der Waals surface area contributed by atoms with Crippen LogP contribution in [0.2, 0.25) is 0 Å². The van der Waals surface area contributed by atoms with Crippen LogP contribution in [-0.2, 0) is 5.75 Å². The number of hydrogen-bond donors (Lipinski definition) is 1. The molecule has 0 aliphatic heterocycles. The highest BCUT2D eigenvalue weighted by atomic mass is 32.2. The molecule has 0 spiro atoms. The zero-order valence-electron chi connectivity index (χ0n) is 9.36. The van der Waals surface area contributed by atoms with E-state index in [1.54, 1.807) is 29.3 Å². The Kier molecular flexibility index (Phi) is 3.51. The second kappa shape index (κ2) is 4.89. The highest BCUT2D eigenvalue weighted by molar-refractivity contribution is 8.00. The Labute approximate surface area is 104 Å². The fourth-order valence-corrected chi connectivity index (χ4v) is 3.33. The largest absolute Gasteiger partial charge is 0.389 e. The molecule has 0 fully saturated rings. The van der Waals surface area contributed by atoms with E-state index < -0.39 is 0 Å². The normalized spacial score (nSPS) is 10.6. The molecule has 2 aromatic rings. The summed E-state index contributed by atoms with van der Waals surface area (Å²) < 4.78 is 1.04. The van der Waals surface area contributed by atoms with E-state index in [0.29, 0.717) is 0 Å².